The highest BCUT2D eigenvalue weighted by molar-refractivity contribution is 5.64. The van der Waals surface area contributed by atoms with Gasteiger partial charge in [-0.05, 0) is 49.2 Å². The Balaban J connectivity index is 1.67. The molecule has 0 amide bonds. The van der Waals surface area contributed by atoms with Gasteiger partial charge in [0.2, 0.25) is 5.69 Å². The molecular formula is C26H25N2+. The molecule has 0 aliphatic rings. The Morgan fingerprint density at radius 3 is 2.43 bits per heavy atom. The number of nitrogens with zero attached hydrogens (tertiary/aromatic N) is 2. The van der Waals surface area contributed by atoms with E-state index in [9.17, 15) is 0 Å². The van der Waals surface area contributed by atoms with Gasteiger partial charge in [0.15, 0.2) is 12.7 Å². The summed E-state index contributed by atoms with van der Waals surface area (Å²) in [6, 6.07) is 27.8. The molecule has 2 nitrogen and oxygen atoms in total. The van der Waals surface area contributed by atoms with Gasteiger partial charge in [-0.1, -0.05) is 48.0 Å². The van der Waals surface area contributed by atoms with Crippen molar-refractivity contribution < 1.29 is 4.57 Å². The van der Waals surface area contributed by atoms with Crippen LogP contribution in [-0.2, 0) is 13.0 Å². The van der Waals surface area contributed by atoms with Gasteiger partial charge in [0.1, 0.15) is 0 Å². The van der Waals surface area contributed by atoms with E-state index in [1.807, 2.05) is 18.3 Å². The van der Waals surface area contributed by atoms with Gasteiger partial charge in [-0.25, -0.2) is 0 Å². The fraction of sp³-hybridized carbons (Fsp3) is 0.154. The van der Waals surface area contributed by atoms with Crippen LogP contribution in [0.15, 0.2) is 91.3 Å². The number of hydrogen-bond acceptors (Lipinski definition) is 1. The summed E-state index contributed by atoms with van der Waals surface area (Å²) in [5.74, 6) is 0. The van der Waals surface area contributed by atoms with E-state index in [2.05, 4.69) is 96.3 Å². The number of benzene rings is 2. The van der Waals surface area contributed by atoms with Gasteiger partial charge >= 0.3 is 0 Å². The van der Waals surface area contributed by atoms with Crippen LogP contribution in [0.1, 0.15) is 16.7 Å². The van der Waals surface area contributed by atoms with Crippen molar-refractivity contribution in [2.45, 2.75) is 26.8 Å². The maximum atomic E-state index is 4.56. The van der Waals surface area contributed by atoms with Gasteiger partial charge in [0.25, 0.3) is 0 Å². The van der Waals surface area contributed by atoms with Crippen molar-refractivity contribution in [1.82, 2.24) is 4.98 Å². The third kappa shape index (κ3) is 3.86. The fourth-order valence-corrected chi connectivity index (χ4v) is 3.72. The van der Waals surface area contributed by atoms with Gasteiger partial charge in [-0.2, -0.15) is 4.57 Å². The minimum absolute atomic E-state index is 0.924. The minimum atomic E-state index is 0.924. The quantitative estimate of drug-likeness (QED) is 0.423. The Kier molecular flexibility index (Phi) is 5.29. The molecule has 2 aromatic carbocycles. The second-order valence-electron chi connectivity index (χ2n) is 7.22. The molecule has 0 aliphatic carbocycles. The van der Waals surface area contributed by atoms with Gasteiger partial charge in [0, 0.05) is 35.9 Å². The molecule has 4 aromatic rings. The highest BCUT2D eigenvalue weighted by atomic mass is 15.0. The van der Waals surface area contributed by atoms with Crippen molar-refractivity contribution in [2.75, 3.05) is 0 Å². The van der Waals surface area contributed by atoms with E-state index in [0.29, 0.717) is 0 Å². The van der Waals surface area contributed by atoms with E-state index in [1.54, 1.807) is 0 Å². The highest BCUT2D eigenvalue weighted by Crippen LogP contribution is 2.24. The standard InChI is InChI=1S/C26H25N2/c1-20-13-14-24(25-11-5-7-16-27-25)22(19-20)15-18-28-17-8-6-12-26(28)23-10-4-3-9-21(23)2/h3-14,16-17,19H,15,18H2,1-2H3/q+1. The fourth-order valence-electron chi connectivity index (χ4n) is 3.72. The summed E-state index contributed by atoms with van der Waals surface area (Å²) in [4.78, 5) is 4.56. The molecule has 0 bridgehead atoms. The Hall–Kier alpha value is -3.26. The summed E-state index contributed by atoms with van der Waals surface area (Å²) in [6.07, 6.45) is 5.00. The van der Waals surface area contributed by atoms with E-state index in [1.165, 1.54) is 33.5 Å². The Bertz CT molecular complexity index is 1080. The molecule has 0 saturated carbocycles. The molecule has 28 heavy (non-hydrogen) atoms. The summed E-state index contributed by atoms with van der Waals surface area (Å²) in [5, 5.41) is 0. The lowest BCUT2D eigenvalue weighted by molar-refractivity contribution is -0.685. The molecule has 0 saturated heterocycles. The SMILES string of the molecule is Cc1ccc(-c2ccccn2)c(CC[n+]2ccccc2-c2ccccc2C)c1. The van der Waals surface area contributed by atoms with Crippen molar-refractivity contribution >= 4 is 0 Å². The molecule has 2 aromatic heterocycles. The molecule has 0 unspecified atom stereocenters. The summed E-state index contributed by atoms with van der Waals surface area (Å²) in [7, 11) is 0. The predicted molar refractivity (Wildman–Crippen MR) is 115 cm³/mol. The smallest absolute Gasteiger partial charge is 0.212 e. The van der Waals surface area contributed by atoms with E-state index in [4.69, 9.17) is 0 Å². The van der Waals surface area contributed by atoms with Gasteiger partial charge < -0.3 is 0 Å². The number of aromatic nitrogens is 2. The average molecular weight is 366 g/mol. The van der Waals surface area contributed by atoms with Crippen molar-refractivity contribution in [2.24, 2.45) is 0 Å². The molecule has 2 heterocycles. The zero-order chi connectivity index (χ0) is 19.3. The van der Waals surface area contributed by atoms with Crippen LogP contribution in [-0.4, -0.2) is 4.98 Å². The third-order valence-corrected chi connectivity index (χ3v) is 5.19. The van der Waals surface area contributed by atoms with E-state index < -0.39 is 0 Å². The maximum absolute atomic E-state index is 4.56. The molecule has 0 fully saturated rings. The molecule has 2 heteroatoms. The average Bonchev–Trinajstić information content (AvgIpc) is 2.74. The van der Waals surface area contributed by atoms with Gasteiger partial charge in [0.05, 0.1) is 5.69 Å². The summed E-state index contributed by atoms with van der Waals surface area (Å²) >= 11 is 0. The Morgan fingerprint density at radius 1 is 0.786 bits per heavy atom. The van der Waals surface area contributed by atoms with Crippen molar-refractivity contribution in [3.05, 3.63) is 108 Å². The third-order valence-electron chi connectivity index (χ3n) is 5.19. The first-order chi connectivity index (χ1) is 13.7. The number of rotatable bonds is 5. The van der Waals surface area contributed by atoms with Crippen LogP contribution in [0, 0.1) is 13.8 Å². The molecule has 0 radical (unpaired) electrons. The minimum Gasteiger partial charge on any atom is -0.256 e. The first-order valence-electron chi connectivity index (χ1n) is 9.78. The molecular weight excluding hydrogens is 340 g/mol. The van der Waals surface area contributed by atoms with Crippen LogP contribution in [0.4, 0.5) is 0 Å². The lowest BCUT2D eigenvalue weighted by atomic mass is 9.98. The van der Waals surface area contributed by atoms with Crippen LogP contribution in [0.5, 0.6) is 0 Å². The summed E-state index contributed by atoms with van der Waals surface area (Å²) < 4.78 is 2.35. The number of hydrogen-bond donors (Lipinski definition) is 0. The Labute approximate surface area is 167 Å². The van der Waals surface area contributed by atoms with Crippen LogP contribution in [0.2, 0.25) is 0 Å². The number of pyridine rings is 2. The zero-order valence-corrected chi connectivity index (χ0v) is 16.5. The van der Waals surface area contributed by atoms with Crippen molar-refractivity contribution in [1.29, 1.82) is 0 Å². The largest absolute Gasteiger partial charge is 0.256 e. The second kappa shape index (κ2) is 8.18. The first-order valence-corrected chi connectivity index (χ1v) is 9.78. The molecule has 0 spiro atoms. The normalized spacial score (nSPS) is 10.8. The van der Waals surface area contributed by atoms with Crippen LogP contribution in [0.3, 0.4) is 0 Å². The lowest BCUT2D eigenvalue weighted by Gasteiger charge is -2.11. The number of aryl methyl sites for hydroxylation is 4. The predicted octanol–water partition coefficient (Wildman–Crippen LogP) is 5.56. The molecule has 0 aliphatic heterocycles. The molecule has 0 atom stereocenters. The zero-order valence-electron chi connectivity index (χ0n) is 16.5. The molecule has 0 N–H and O–H groups in total. The van der Waals surface area contributed by atoms with E-state index >= 15 is 0 Å². The van der Waals surface area contributed by atoms with Crippen LogP contribution >= 0.6 is 0 Å². The van der Waals surface area contributed by atoms with Gasteiger partial charge in [-0.15, -0.1) is 0 Å². The lowest BCUT2D eigenvalue weighted by Crippen LogP contribution is -2.37. The van der Waals surface area contributed by atoms with Crippen molar-refractivity contribution in [3.8, 4) is 22.5 Å². The topological polar surface area (TPSA) is 16.8 Å². The van der Waals surface area contributed by atoms with E-state index in [-0.39, 0.29) is 0 Å². The second-order valence-corrected chi connectivity index (χ2v) is 7.22. The van der Waals surface area contributed by atoms with Crippen LogP contribution in [0.25, 0.3) is 22.5 Å². The first kappa shape index (κ1) is 18.1. The maximum Gasteiger partial charge on any atom is 0.212 e. The van der Waals surface area contributed by atoms with Crippen LogP contribution < -0.4 is 4.57 Å². The summed E-state index contributed by atoms with van der Waals surface area (Å²) in [6.45, 7) is 5.25. The highest BCUT2D eigenvalue weighted by Gasteiger charge is 2.15. The van der Waals surface area contributed by atoms with Crippen molar-refractivity contribution in [3.63, 3.8) is 0 Å². The van der Waals surface area contributed by atoms with Gasteiger partial charge in [-0.3, -0.25) is 4.98 Å². The monoisotopic (exact) mass is 365 g/mol. The van der Waals surface area contributed by atoms with E-state index in [0.717, 1.165) is 18.7 Å². The molecule has 4 rings (SSSR count). The summed E-state index contributed by atoms with van der Waals surface area (Å²) in [5.41, 5.74) is 8.73. The Morgan fingerprint density at radius 2 is 1.61 bits per heavy atom. The molecule has 138 valence electrons.